The van der Waals surface area contributed by atoms with Crippen LogP contribution in [0.2, 0.25) is 0 Å². The molecule has 0 saturated heterocycles. The molecule has 0 spiro atoms. The number of hydrogen-bond donors (Lipinski definition) is 2. The lowest BCUT2D eigenvalue weighted by molar-refractivity contribution is 0.102. The van der Waals surface area contributed by atoms with Gasteiger partial charge in [-0.1, -0.05) is 24.3 Å². The zero-order valence-electron chi connectivity index (χ0n) is 13.2. The Bertz CT molecular complexity index is 836. The monoisotopic (exact) mass is 319 g/mol. The summed E-state index contributed by atoms with van der Waals surface area (Å²) in [6.07, 6.45) is 4.88. The van der Waals surface area contributed by atoms with Crippen LogP contribution in [0.3, 0.4) is 0 Å². The van der Waals surface area contributed by atoms with E-state index in [1.54, 1.807) is 18.5 Å². The van der Waals surface area contributed by atoms with E-state index in [1.165, 1.54) is 6.33 Å². The number of carbonyl (C=O) groups excluding carboxylic acids is 1. The van der Waals surface area contributed by atoms with Crippen LogP contribution in [-0.4, -0.2) is 20.9 Å². The van der Waals surface area contributed by atoms with Gasteiger partial charge in [-0.15, -0.1) is 0 Å². The maximum atomic E-state index is 12.4. The van der Waals surface area contributed by atoms with E-state index in [4.69, 9.17) is 0 Å². The average Bonchev–Trinajstić information content (AvgIpc) is 2.63. The van der Waals surface area contributed by atoms with E-state index in [0.29, 0.717) is 18.1 Å². The summed E-state index contributed by atoms with van der Waals surface area (Å²) >= 11 is 0. The maximum Gasteiger partial charge on any atom is 0.274 e. The first kappa shape index (κ1) is 15.6. The third-order valence-electron chi connectivity index (χ3n) is 3.49. The number of aromatic nitrogens is 3. The third-order valence-corrected chi connectivity index (χ3v) is 3.49. The van der Waals surface area contributed by atoms with Gasteiger partial charge in [-0.05, 0) is 30.2 Å². The van der Waals surface area contributed by atoms with Gasteiger partial charge in [0.2, 0.25) is 0 Å². The Morgan fingerprint density at radius 1 is 1.12 bits per heavy atom. The van der Waals surface area contributed by atoms with Gasteiger partial charge in [0.25, 0.3) is 5.91 Å². The molecule has 24 heavy (non-hydrogen) atoms. The summed E-state index contributed by atoms with van der Waals surface area (Å²) in [4.78, 5) is 24.6. The number of nitrogens with zero attached hydrogens (tertiary/aromatic N) is 3. The predicted molar refractivity (Wildman–Crippen MR) is 92.7 cm³/mol. The van der Waals surface area contributed by atoms with Gasteiger partial charge in [-0.25, -0.2) is 9.97 Å². The fourth-order valence-electron chi connectivity index (χ4n) is 2.17. The summed E-state index contributed by atoms with van der Waals surface area (Å²) in [6, 6.07) is 13.1. The van der Waals surface area contributed by atoms with Crippen LogP contribution in [0.1, 0.15) is 21.6 Å². The second-order valence-electron chi connectivity index (χ2n) is 5.27. The van der Waals surface area contributed by atoms with E-state index in [2.05, 4.69) is 25.6 Å². The van der Waals surface area contributed by atoms with Gasteiger partial charge in [0.15, 0.2) is 0 Å². The van der Waals surface area contributed by atoms with E-state index >= 15 is 0 Å². The highest BCUT2D eigenvalue weighted by molar-refractivity contribution is 6.03. The number of hydrogen-bond acceptors (Lipinski definition) is 5. The van der Waals surface area contributed by atoms with Crippen molar-refractivity contribution in [1.29, 1.82) is 0 Å². The Balaban J connectivity index is 1.68. The molecule has 0 aliphatic heterocycles. The first-order chi connectivity index (χ1) is 11.7. The molecule has 0 radical (unpaired) electrons. The molecule has 0 atom stereocenters. The van der Waals surface area contributed by atoms with Crippen molar-refractivity contribution in [2.24, 2.45) is 0 Å². The van der Waals surface area contributed by atoms with Crippen LogP contribution in [-0.2, 0) is 6.54 Å². The smallest absolute Gasteiger partial charge is 0.274 e. The van der Waals surface area contributed by atoms with Gasteiger partial charge in [0.05, 0.1) is 0 Å². The molecule has 3 aromatic rings. The van der Waals surface area contributed by atoms with Crippen molar-refractivity contribution in [3.63, 3.8) is 0 Å². The second kappa shape index (κ2) is 7.32. The standard InChI is InChI=1S/C18H17N5O/c1-13-5-2-3-7-15(13)23-18(24)16-9-17(22-12-21-16)20-11-14-6-4-8-19-10-14/h2-10,12H,11H2,1H3,(H,23,24)(H,20,21,22). The Kier molecular flexibility index (Phi) is 4.76. The van der Waals surface area contributed by atoms with Crippen molar-refractivity contribution in [3.8, 4) is 0 Å². The molecule has 0 bridgehead atoms. The van der Waals surface area contributed by atoms with Crippen molar-refractivity contribution in [1.82, 2.24) is 15.0 Å². The molecule has 2 aromatic heterocycles. The minimum atomic E-state index is -0.267. The number of pyridine rings is 1. The number of aryl methyl sites for hydroxylation is 1. The number of anilines is 2. The molecule has 2 N–H and O–H groups in total. The minimum Gasteiger partial charge on any atom is -0.366 e. The van der Waals surface area contributed by atoms with Gasteiger partial charge in [-0.2, -0.15) is 0 Å². The molecule has 0 fully saturated rings. The molecule has 3 rings (SSSR count). The van der Waals surface area contributed by atoms with E-state index in [9.17, 15) is 4.79 Å². The highest BCUT2D eigenvalue weighted by Crippen LogP contribution is 2.15. The van der Waals surface area contributed by atoms with Gasteiger partial charge in [0.1, 0.15) is 17.8 Å². The average molecular weight is 319 g/mol. The molecule has 0 saturated carbocycles. The number of amides is 1. The topological polar surface area (TPSA) is 79.8 Å². The lowest BCUT2D eigenvalue weighted by Crippen LogP contribution is -2.15. The van der Waals surface area contributed by atoms with Crippen LogP contribution in [0.25, 0.3) is 0 Å². The molecule has 6 heteroatoms. The number of para-hydroxylation sites is 1. The van der Waals surface area contributed by atoms with Crippen LogP contribution in [0.5, 0.6) is 0 Å². The van der Waals surface area contributed by atoms with Gasteiger partial charge in [-0.3, -0.25) is 9.78 Å². The van der Waals surface area contributed by atoms with Crippen molar-refractivity contribution >= 4 is 17.4 Å². The molecule has 1 amide bonds. The summed E-state index contributed by atoms with van der Waals surface area (Å²) in [7, 11) is 0. The van der Waals surface area contributed by atoms with E-state index in [-0.39, 0.29) is 5.91 Å². The van der Waals surface area contributed by atoms with Crippen molar-refractivity contribution in [3.05, 3.63) is 78.0 Å². The molecule has 120 valence electrons. The minimum absolute atomic E-state index is 0.267. The molecule has 0 unspecified atom stereocenters. The molecule has 0 aliphatic carbocycles. The van der Waals surface area contributed by atoms with Gasteiger partial charge in [0, 0.05) is 30.7 Å². The van der Waals surface area contributed by atoms with E-state index < -0.39 is 0 Å². The Hall–Kier alpha value is -3.28. The van der Waals surface area contributed by atoms with Crippen LogP contribution in [0.15, 0.2) is 61.2 Å². The number of rotatable bonds is 5. The van der Waals surface area contributed by atoms with E-state index in [1.807, 2.05) is 43.3 Å². The SMILES string of the molecule is Cc1ccccc1NC(=O)c1cc(NCc2cccnc2)ncn1. The summed E-state index contributed by atoms with van der Waals surface area (Å²) in [5.74, 6) is 0.319. The molecule has 0 aliphatic rings. The fourth-order valence-corrected chi connectivity index (χ4v) is 2.17. The number of carbonyl (C=O) groups is 1. The normalized spacial score (nSPS) is 10.2. The van der Waals surface area contributed by atoms with Crippen molar-refractivity contribution in [2.45, 2.75) is 13.5 Å². The third kappa shape index (κ3) is 3.92. The highest BCUT2D eigenvalue weighted by atomic mass is 16.1. The summed E-state index contributed by atoms with van der Waals surface area (Å²) in [5.41, 5.74) is 3.10. The largest absolute Gasteiger partial charge is 0.366 e. The van der Waals surface area contributed by atoms with E-state index in [0.717, 1.165) is 16.8 Å². The Morgan fingerprint density at radius 2 is 2.00 bits per heavy atom. The fraction of sp³-hybridized carbons (Fsp3) is 0.111. The van der Waals surface area contributed by atoms with Crippen molar-refractivity contribution < 1.29 is 4.79 Å². The molecular formula is C18H17N5O. The molecule has 1 aromatic carbocycles. The summed E-state index contributed by atoms with van der Waals surface area (Å²) in [5, 5.41) is 6.02. The maximum absolute atomic E-state index is 12.4. The molecule has 2 heterocycles. The number of benzene rings is 1. The zero-order chi connectivity index (χ0) is 16.8. The molecule has 6 nitrogen and oxygen atoms in total. The first-order valence-electron chi connectivity index (χ1n) is 7.54. The Morgan fingerprint density at radius 3 is 2.79 bits per heavy atom. The van der Waals surface area contributed by atoms with Crippen LogP contribution >= 0.6 is 0 Å². The molecular weight excluding hydrogens is 302 g/mol. The lowest BCUT2D eigenvalue weighted by atomic mass is 10.2. The van der Waals surface area contributed by atoms with Crippen molar-refractivity contribution in [2.75, 3.05) is 10.6 Å². The Labute approximate surface area is 140 Å². The van der Waals surface area contributed by atoms with Gasteiger partial charge >= 0.3 is 0 Å². The number of nitrogens with one attached hydrogen (secondary N) is 2. The predicted octanol–water partition coefficient (Wildman–Crippen LogP) is 3.04. The zero-order valence-corrected chi connectivity index (χ0v) is 13.2. The van der Waals surface area contributed by atoms with Gasteiger partial charge < -0.3 is 10.6 Å². The second-order valence-corrected chi connectivity index (χ2v) is 5.27. The first-order valence-corrected chi connectivity index (χ1v) is 7.54. The lowest BCUT2D eigenvalue weighted by Gasteiger charge is -2.09. The van der Waals surface area contributed by atoms with Crippen LogP contribution in [0.4, 0.5) is 11.5 Å². The van der Waals surface area contributed by atoms with Crippen LogP contribution in [0, 0.1) is 6.92 Å². The quantitative estimate of drug-likeness (QED) is 0.755. The summed E-state index contributed by atoms with van der Waals surface area (Å²) < 4.78 is 0. The van der Waals surface area contributed by atoms with Crippen LogP contribution < -0.4 is 10.6 Å². The summed E-state index contributed by atoms with van der Waals surface area (Å²) in [6.45, 7) is 2.51. The highest BCUT2D eigenvalue weighted by Gasteiger charge is 2.10.